The second-order valence-corrected chi connectivity index (χ2v) is 5.64. The SMILES string of the molecule is O=C(NCCC[C@@H](O)C(=O)ON1C(=O)CCC1=O)OCc1ccccc1. The molecule has 9 nitrogen and oxygen atoms in total. The van der Waals surface area contributed by atoms with E-state index >= 15 is 0 Å². The minimum Gasteiger partial charge on any atom is -0.445 e. The van der Waals surface area contributed by atoms with Gasteiger partial charge in [0, 0.05) is 19.4 Å². The summed E-state index contributed by atoms with van der Waals surface area (Å²) in [5.41, 5.74) is 0.854. The molecule has 1 aromatic rings. The number of nitrogens with one attached hydrogen (secondary N) is 1. The Morgan fingerprint density at radius 2 is 1.81 bits per heavy atom. The summed E-state index contributed by atoms with van der Waals surface area (Å²) in [5, 5.41) is 12.6. The number of nitrogens with zero attached hydrogens (tertiary/aromatic N) is 1. The van der Waals surface area contributed by atoms with Crippen LogP contribution in [0.25, 0.3) is 0 Å². The molecule has 1 atom stereocenters. The lowest BCUT2D eigenvalue weighted by molar-refractivity contribution is -0.203. The Morgan fingerprint density at radius 1 is 1.15 bits per heavy atom. The van der Waals surface area contributed by atoms with Gasteiger partial charge in [0.15, 0.2) is 6.10 Å². The van der Waals surface area contributed by atoms with Crippen LogP contribution in [0.3, 0.4) is 0 Å². The van der Waals surface area contributed by atoms with Crippen LogP contribution in [0.1, 0.15) is 31.2 Å². The number of hydrogen-bond donors (Lipinski definition) is 2. The first kappa shape index (κ1) is 19.4. The summed E-state index contributed by atoms with van der Waals surface area (Å²) >= 11 is 0. The summed E-state index contributed by atoms with van der Waals surface area (Å²) < 4.78 is 5.01. The van der Waals surface area contributed by atoms with Gasteiger partial charge in [-0.15, -0.1) is 5.06 Å². The van der Waals surface area contributed by atoms with E-state index in [4.69, 9.17) is 4.74 Å². The van der Waals surface area contributed by atoms with E-state index < -0.39 is 30.0 Å². The van der Waals surface area contributed by atoms with Crippen molar-refractivity contribution in [2.75, 3.05) is 6.54 Å². The number of carbonyl (C=O) groups excluding carboxylic acids is 4. The van der Waals surface area contributed by atoms with Gasteiger partial charge in [0.05, 0.1) is 0 Å². The average Bonchev–Trinajstić information content (AvgIpc) is 2.96. The van der Waals surface area contributed by atoms with Crippen LogP contribution in [0.4, 0.5) is 4.79 Å². The van der Waals surface area contributed by atoms with E-state index in [1.807, 2.05) is 30.3 Å². The van der Waals surface area contributed by atoms with Crippen molar-refractivity contribution in [1.82, 2.24) is 10.4 Å². The van der Waals surface area contributed by atoms with E-state index in [2.05, 4.69) is 10.2 Å². The molecule has 0 radical (unpaired) electrons. The number of amides is 3. The largest absolute Gasteiger partial charge is 0.445 e. The highest BCUT2D eigenvalue weighted by Gasteiger charge is 2.34. The van der Waals surface area contributed by atoms with Crippen LogP contribution in [-0.2, 0) is 30.6 Å². The number of hydroxylamine groups is 2. The Kier molecular flexibility index (Phi) is 7.10. The van der Waals surface area contributed by atoms with Gasteiger partial charge < -0.3 is 20.0 Å². The predicted molar refractivity (Wildman–Crippen MR) is 87.0 cm³/mol. The Bertz CT molecular complexity index is 646. The molecule has 1 aliphatic heterocycles. The van der Waals surface area contributed by atoms with E-state index in [-0.39, 0.29) is 38.8 Å². The monoisotopic (exact) mass is 364 g/mol. The fraction of sp³-hybridized carbons (Fsp3) is 0.412. The van der Waals surface area contributed by atoms with Crippen molar-refractivity contribution in [1.29, 1.82) is 0 Å². The zero-order valence-electron chi connectivity index (χ0n) is 14.1. The molecule has 26 heavy (non-hydrogen) atoms. The zero-order chi connectivity index (χ0) is 18.9. The standard InChI is InChI=1S/C17H20N2O7/c20-13(16(23)26-19-14(21)8-9-15(19)22)7-4-10-18-17(24)25-11-12-5-2-1-3-6-12/h1-3,5-6,13,20H,4,7-11H2,(H,18,24)/t13-/m1/s1. The van der Waals surface area contributed by atoms with Crippen molar-refractivity contribution in [2.24, 2.45) is 0 Å². The number of benzene rings is 1. The van der Waals surface area contributed by atoms with Crippen LogP contribution in [-0.4, -0.2) is 46.7 Å². The number of aliphatic hydroxyl groups excluding tert-OH is 1. The van der Waals surface area contributed by atoms with Crippen LogP contribution in [0.15, 0.2) is 30.3 Å². The molecule has 1 aliphatic rings. The number of carbonyl (C=O) groups is 4. The van der Waals surface area contributed by atoms with Crippen molar-refractivity contribution < 1.29 is 33.9 Å². The van der Waals surface area contributed by atoms with Crippen molar-refractivity contribution >= 4 is 23.9 Å². The number of hydrogen-bond acceptors (Lipinski definition) is 7. The quantitative estimate of drug-likeness (QED) is 0.513. The van der Waals surface area contributed by atoms with Crippen molar-refractivity contribution in [3.8, 4) is 0 Å². The molecule has 2 N–H and O–H groups in total. The first-order valence-electron chi connectivity index (χ1n) is 8.17. The molecule has 1 fully saturated rings. The maximum absolute atomic E-state index is 11.6. The van der Waals surface area contributed by atoms with Gasteiger partial charge in [-0.05, 0) is 18.4 Å². The summed E-state index contributed by atoms with van der Waals surface area (Å²) in [6, 6.07) is 9.17. The third kappa shape index (κ3) is 5.85. The Hall–Kier alpha value is -2.94. The van der Waals surface area contributed by atoms with Gasteiger partial charge in [0.2, 0.25) is 0 Å². The van der Waals surface area contributed by atoms with Gasteiger partial charge >= 0.3 is 12.1 Å². The number of aliphatic hydroxyl groups is 1. The molecular formula is C17H20N2O7. The first-order valence-corrected chi connectivity index (χ1v) is 8.17. The predicted octanol–water partition coefficient (Wildman–Crippen LogP) is 0.661. The summed E-state index contributed by atoms with van der Waals surface area (Å²) in [4.78, 5) is 50.4. The number of rotatable bonds is 8. The normalized spacial score (nSPS) is 14.9. The molecule has 0 spiro atoms. The second-order valence-electron chi connectivity index (χ2n) is 5.64. The number of imide groups is 1. The molecule has 3 amide bonds. The second kappa shape index (κ2) is 9.52. The van der Waals surface area contributed by atoms with Gasteiger partial charge in [0.1, 0.15) is 6.61 Å². The molecule has 0 unspecified atom stereocenters. The minimum atomic E-state index is -1.50. The highest BCUT2D eigenvalue weighted by atomic mass is 16.7. The molecule has 140 valence electrons. The summed E-state index contributed by atoms with van der Waals surface area (Å²) in [7, 11) is 0. The fourth-order valence-corrected chi connectivity index (χ4v) is 2.19. The maximum atomic E-state index is 11.6. The van der Waals surface area contributed by atoms with Gasteiger partial charge in [0.25, 0.3) is 11.8 Å². The lowest BCUT2D eigenvalue weighted by Crippen LogP contribution is -2.36. The van der Waals surface area contributed by atoms with Crippen LogP contribution < -0.4 is 5.32 Å². The molecule has 9 heteroatoms. The van der Waals surface area contributed by atoms with Crippen LogP contribution >= 0.6 is 0 Å². The number of ether oxygens (including phenoxy) is 1. The molecule has 0 aromatic heterocycles. The molecule has 0 aliphatic carbocycles. The van der Waals surface area contributed by atoms with Crippen molar-refractivity contribution in [3.05, 3.63) is 35.9 Å². The van der Waals surface area contributed by atoms with E-state index in [9.17, 15) is 24.3 Å². The molecule has 1 aromatic carbocycles. The molecule has 0 bridgehead atoms. The first-order chi connectivity index (χ1) is 12.5. The van der Waals surface area contributed by atoms with E-state index in [1.54, 1.807) is 0 Å². The van der Waals surface area contributed by atoms with Crippen LogP contribution in [0.2, 0.25) is 0 Å². The Labute approximate surface area is 149 Å². The van der Waals surface area contributed by atoms with E-state index in [1.165, 1.54) is 0 Å². The molecule has 1 heterocycles. The lowest BCUT2D eigenvalue weighted by atomic mass is 10.2. The van der Waals surface area contributed by atoms with E-state index in [0.717, 1.165) is 5.56 Å². The minimum absolute atomic E-state index is 0.00593. The topological polar surface area (TPSA) is 122 Å². The fourth-order valence-electron chi connectivity index (χ4n) is 2.19. The smallest absolute Gasteiger partial charge is 0.407 e. The molecule has 1 saturated heterocycles. The third-order valence-corrected chi connectivity index (χ3v) is 3.60. The average molecular weight is 364 g/mol. The van der Waals surface area contributed by atoms with Gasteiger partial charge in [-0.2, -0.15) is 0 Å². The highest BCUT2D eigenvalue weighted by molar-refractivity contribution is 6.01. The molecular weight excluding hydrogens is 344 g/mol. The number of alkyl carbamates (subject to hydrolysis) is 1. The molecule has 0 saturated carbocycles. The Balaban J connectivity index is 1.59. The summed E-state index contributed by atoms with van der Waals surface area (Å²) in [6.07, 6.45) is -1.88. The van der Waals surface area contributed by atoms with Crippen molar-refractivity contribution in [2.45, 2.75) is 38.4 Å². The van der Waals surface area contributed by atoms with Gasteiger partial charge in [-0.3, -0.25) is 9.59 Å². The van der Waals surface area contributed by atoms with E-state index in [0.29, 0.717) is 5.06 Å². The maximum Gasteiger partial charge on any atom is 0.407 e. The summed E-state index contributed by atoms with van der Waals surface area (Å²) in [6.45, 7) is 0.319. The van der Waals surface area contributed by atoms with Crippen LogP contribution in [0.5, 0.6) is 0 Å². The lowest BCUT2D eigenvalue weighted by Gasteiger charge is -2.15. The third-order valence-electron chi connectivity index (χ3n) is 3.60. The zero-order valence-corrected chi connectivity index (χ0v) is 14.1. The van der Waals surface area contributed by atoms with Crippen LogP contribution in [0, 0.1) is 0 Å². The van der Waals surface area contributed by atoms with Gasteiger partial charge in [-0.25, -0.2) is 9.59 Å². The van der Waals surface area contributed by atoms with Gasteiger partial charge in [-0.1, -0.05) is 30.3 Å². The highest BCUT2D eigenvalue weighted by Crippen LogP contribution is 2.13. The summed E-state index contributed by atoms with van der Waals surface area (Å²) in [5.74, 6) is -2.31. The molecule has 2 rings (SSSR count). The van der Waals surface area contributed by atoms with Crippen molar-refractivity contribution in [3.63, 3.8) is 0 Å². The Morgan fingerprint density at radius 3 is 2.46 bits per heavy atom.